The van der Waals surface area contributed by atoms with E-state index < -0.39 is 0 Å². The number of amides is 1. The first-order chi connectivity index (χ1) is 11.1. The second kappa shape index (κ2) is 6.82. The molecule has 3 rings (SSSR count). The van der Waals surface area contributed by atoms with E-state index in [0.717, 1.165) is 12.3 Å². The number of carbonyl (C=O) groups is 2. The first-order valence-corrected chi connectivity index (χ1v) is 8.09. The Balaban J connectivity index is 1.41. The van der Waals surface area contributed by atoms with Crippen LogP contribution in [0.5, 0.6) is 0 Å². The summed E-state index contributed by atoms with van der Waals surface area (Å²) in [6.45, 7) is -0.281. The minimum Gasteiger partial charge on any atom is -0.456 e. The molecule has 3 atom stereocenters. The third-order valence-electron chi connectivity index (χ3n) is 4.95. The lowest BCUT2D eigenvalue weighted by Crippen LogP contribution is -2.23. The molecule has 0 spiro atoms. The maximum Gasteiger partial charge on any atom is 0.306 e. The van der Waals surface area contributed by atoms with Crippen molar-refractivity contribution in [3.63, 3.8) is 0 Å². The molecule has 120 valence electrons. The van der Waals surface area contributed by atoms with Gasteiger partial charge in [0.05, 0.1) is 11.6 Å². The van der Waals surface area contributed by atoms with Crippen LogP contribution in [0.15, 0.2) is 24.3 Å². The van der Waals surface area contributed by atoms with Gasteiger partial charge in [0.2, 0.25) is 0 Å². The van der Waals surface area contributed by atoms with E-state index in [9.17, 15) is 9.59 Å². The van der Waals surface area contributed by atoms with Gasteiger partial charge in [-0.05, 0) is 55.2 Å². The van der Waals surface area contributed by atoms with E-state index in [1.54, 1.807) is 24.3 Å². The number of anilines is 1. The van der Waals surface area contributed by atoms with Crippen molar-refractivity contribution in [1.29, 1.82) is 5.26 Å². The summed E-state index contributed by atoms with van der Waals surface area (Å²) in [6.07, 6.45) is 5.36. The van der Waals surface area contributed by atoms with E-state index in [1.165, 1.54) is 19.3 Å². The maximum absolute atomic E-state index is 11.9. The minimum absolute atomic E-state index is 0.281. The van der Waals surface area contributed by atoms with Gasteiger partial charge in [-0.25, -0.2) is 0 Å². The lowest BCUT2D eigenvalue weighted by molar-refractivity contribution is -0.148. The number of hydrogen-bond donors (Lipinski definition) is 1. The summed E-state index contributed by atoms with van der Waals surface area (Å²) in [4.78, 5) is 23.7. The molecule has 1 aromatic carbocycles. The molecule has 0 aliphatic heterocycles. The number of hydrogen-bond acceptors (Lipinski definition) is 4. The van der Waals surface area contributed by atoms with Gasteiger partial charge in [0.15, 0.2) is 6.61 Å². The van der Waals surface area contributed by atoms with Crippen LogP contribution in [-0.4, -0.2) is 18.5 Å². The van der Waals surface area contributed by atoms with Crippen LogP contribution in [0.1, 0.15) is 37.7 Å². The van der Waals surface area contributed by atoms with E-state index >= 15 is 0 Å². The Morgan fingerprint density at radius 2 is 2.17 bits per heavy atom. The van der Waals surface area contributed by atoms with Gasteiger partial charge < -0.3 is 10.1 Å². The number of carbonyl (C=O) groups excluding carboxylic acids is 2. The molecule has 2 saturated carbocycles. The Labute approximate surface area is 135 Å². The SMILES string of the molecule is N#Cc1cccc(NC(=O)COC(=O)C[C@H]2C[C@H]3CC[C@H]2C3)c1. The van der Waals surface area contributed by atoms with Crippen molar-refractivity contribution < 1.29 is 14.3 Å². The van der Waals surface area contributed by atoms with Gasteiger partial charge in [-0.15, -0.1) is 0 Å². The molecule has 0 aromatic heterocycles. The quantitative estimate of drug-likeness (QED) is 0.848. The topological polar surface area (TPSA) is 79.2 Å². The van der Waals surface area contributed by atoms with Crippen molar-refractivity contribution in [2.45, 2.75) is 32.1 Å². The molecule has 1 N–H and O–H groups in total. The van der Waals surface area contributed by atoms with Crippen LogP contribution in [0.4, 0.5) is 5.69 Å². The van der Waals surface area contributed by atoms with Crippen LogP contribution in [0.25, 0.3) is 0 Å². The van der Waals surface area contributed by atoms with E-state index in [-0.39, 0.29) is 18.5 Å². The molecule has 5 heteroatoms. The van der Waals surface area contributed by atoms with Gasteiger partial charge in [0.1, 0.15) is 0 Å². The van der Waals surface area contributed by atoms with Gasteiger partial charge in [0.25, 0.3) is 5.91 Å². The summed E-state index contributed by atoms with van der Waals surface area (Å²) in [5.41, 5.74) is 0.995. The minimum atomic E-state index is -0.388. The number of fused-ring (bicyclic) bond motifs is 2. The Hall–Kier alpha value is -2.35. The fourth-order valence-corrected chi connectivity index (χ4v) is 3.91. The smallest absolute Gasteiger partial charge is 0.306 e. The summed E-state index contributed by atoms with van der Waals surface area (Å²) < 4.78 is 5.09. The van der Waals surface area contributed by atoms with Crippen molar-refractivity contribution in [2.75, 3.05) is 11.9 Å². The molecule has 1 aromatic rings. The summed E-state index contributed by atoms with van der Waals surface area (Å²) in [7, 11) is 0. The highest BCUT2D eigenvalue weighted by Gasteiger charge is 2.40. The number of nitrogens with zero attached hydrogens (tertiary/aromatic N) is 1. The Morgan fingerprint density at radius 1 is 1.30 bits per heavy atom. The molecule has 5 nitrogen and oxygen atoms in total. The lowest BCUT2D eigenvalue weighted by Gasteiger charge is -2.20. The van der Waals surface area contributed by atoms with Crippen LogP contribution >= 0.6 is 0 Å². The Bertz CT molecular complexity index is 650. The van der Waals surface area contributed by atoms with E-state index in [1.807, 2.05) is 6.07 Å². The number of esters is 1. The van der Waals surface area contributed by atoms with Crippen LogP contribution in [0, 0.1) is 29.1 Å². The van der Waals surface area contributed by atoms with Crippen LogP contribution in [0.3, 0.4) is 0 Å². The zero-order chi connectivity index (χ0) is 16.2. The summed E-state index contributed by atoms with van der Waals surface area (Å²) in [6, 6.07) is 8.62. The first-order valence-electron chi connectivity index (χ1n) is 8.09. The molecule has 2 aliphatic carbocycles. The standard InChI is InChI=1S/C18H20N2O3/c19-10-13-2-1-3-16(8-13)20-17(21)11-23-18(22)9-15-7-12-4-5-14(15)6-12/h1-3,8,12,14-15H,4-7,9,11H2,(H,20,21)/t12-,14-,15+/m0/s1. The van der Waals surface area contributed by atoms with E-state index in [2.05, 4.69) is 5.32 Å². The Kier molecular flexibility index (Phi) is 4.61. The highest BCUT2D eigenvalue weighted by molar-refractivity contribution is 5.92. The summed E-state index contributed by atoms with van der Waals surface area (Å²) in [5.74, 6) is 1.24. The highest BCUT2D eigenvalue weighted by atomic mass is 16.5. The zero-order valence-electron chi connectivity index (χ0n) is 13.0. The van der Waals surface area contributed by atoms with Crippen LogP contribution in [-0.2, 0) is 14.3 Å². The zero-order valence-corrected chi connectivity index (χ0v) is 13.0. The van der Waals surface area contributed by atoms with Gasteiger partial charge in [0, 0.05) is 12.1 Å². The largest absolute Gasteiger partial charge is 0.456 e. The van der Waals surface area contributed by atoms with Gasteiger partial charge >= 0.3 is 5.97 Å². The number of nitrogens with one attached hydrogen (secondary N) is 1. The average molecular weight is 312 g/mol. The fourth-order valence-electron chi connectivity index (χ4n) is 3.91. The normalized spacial score (nSPS) is 24.9. The third kappa shape index (κ3) is 3.89. The molecule has 0 saturated heterocycles. The van der Waals surface area contributed by atoms with Crippen molar-refractivity contribution >= 4 is 17.6 Å². The molecule has 2 fully saturated rings. The molecular formula is C18H20N2O3. The molecule has 1 amide bonds. The van der Waals surface area contributed by atoms with E-state index in [4.69, 9.17) is 10.00 Å². The summed E-state index contributed by atoms with van der Waals surface area (Å²) >= 11 is 0. The molecule has 2 aliphatic rings. The van der Waals surface area contributed by atoms with Gasteiger partial charge in [-0.3, -0.25) is 9.59 Å². The molecule has 0 heterocycles. The van der Waals surface area contributed by atoms with Crippen LogP contribution in [0.2, 0.25) is 0 Å². The Morgan fingerprint density at radius 3 is 2.87 bits per heavy atom. The first kappa shape index (κ1) is 15.5. The van der Waals surface area contributed by atoms with Crippen molar-refractivity contribution in [2.24, 2.45) is 17.8 Å². The summed E-state index contributed by atoms with van der Waals surface area (Å²) in [5, 5.41) is 11.4. The van der Waals surface area contributed by atoms with Crippen molar-refractivity contribution in [1.82, 2.24) is 0 Å². The second-order valence-electron chi connectivity index (χ2n) is 6.54. The van der Waals surface area contributed by atoms with Gasteiger partial charge in [-0.1, -0.05) is 12.5 Å². The lowest BCUT2D eigenvalue weighted by atomic mass is 9.86. The van der Waals surface area contributed by atoms with Gasteiger partial charge in [-0.2, -0.15) is 5.26 Å². The number of benzene rings is 1. The second-order valence-corrected chi connectivity index (χ2v) is 6.54. The molecule has 2 bridgehead atoms. The maximum atomic E-state index is 11.9. The number of rotatable bonds is 5. The predicted molar refractivity (Wildman–Crippen MR) is 84.3 cm³/mol. The van der Waals surface area contributed by atoms with E-state index in [0.29, 0.717) is 29.5 Å². The monoisotopic (exact) mass is 312 g/mol. The average Bonchev–Trinajstić information content (AvgIpc) is 3.16. The predicted octanol–water partition coefficient (Wildman–Crippen LogP) is 2.87. The molecule has 0 radical (unpaired) electrons. The van der Waals surface area contributed by atoms with Crippen LogP contribution < -0.4 is 5.32 Å². The third-order valence-corrected chi connectivity index (χ3v) is 4.95. The van der Waals surface area contributed by atoms with Crippen molar-refractivity contribution in [3.05, 3.63) is 29.8 Å². The number of ether oxygens (including phenoxy) is 1. The molecule has 0 unspecified atom stereocenters. The fraction of sp³-hybridized carbons (Fsp3) is 0.500. The van der Waals surface area contributed by atoms with Crippen molar-refractivity contribution in [3.8, 4) is 6.07 Å². The molecular weight excluding hydrogens is 292 g/mol. The molecule has 23 heavy (non-hydrogen) atoms. The number of nitriles is 1. The highest BCUT2D eigenvalue weighted by Crippen LogP contribution is 2.49.